The molecular weight excluding hydrogens is 237 g/mol. The molecule has 1 unspecified atom stereocenters. The van der Waals surface area contributed by atoms with Crippen molar-refractivity contribution in [3.63, 3.8) is 0 Å². The van der Waals surface area contributed by atoms with Crippen LogP contribution >= 0.6 is 12.4 Å². The van der Waals surface area contributed by atoms with Gasteiger partial charge in [0.1, 0.15) is 6.04 Å². The average molecular weight is 250 g/mol. The lowest BCUT2D eigenvalue weighted by Crippen LogP contribution is -2.22. The lowest BCUT2D eigenvalue weighted by molar-refractivity contribution is -0.142. The first-order valence-electron chi connectivity index (χ1n) is 4.27. The van der Waals surface area contributed by atoms with Crippen LogP contribution in [0.15, 0.2) is 18.2 Å². The monoisotopic (exact) mass is 249 g/mol. The Balaban J connectivity index is 0.00000225. The molecule has 0 bridgehead atoms. The van der Waals surface area contributed by atoms with Crippen molar-refractivity contribution >= 4 is 18.4 Å². The molecule has 0 radical (unpaired) electrons. The van der Waals surface area contributed by atoms with Gasteiger partial charge in [-0.3, -0.25) is 4.79 Å². The van der Waals surface area contributed by atoms with E-state index in [0.29, 0.717) is 5.56 Å². The number of esters is 1. The standard InChI is InChI=1S/C10H12FNO3.ClH/c1-14-8-4-3-6(5-7(8)11)9(12)10(13)15-2;/h3-5,9H,12H2,1-2H3;1H. The minimum absolute atomic E-state index is 0. The van der Waals surface area contributed by atoms with Crippen molar-refractivity contribution in [3.8, 4) is 5.75 Å². The summed E-state index contributed by atoms with van der Waals surface area (Å²) in [5, 5.41) is 0. The van der Waals surface area contributed by atoms with Crippen molar-refractivity contribution in [2.45, 2.75) is 6.04 Å². The van der Waals surface area contributed by atoms with Gasteiger partial charge in [0, 0.05) is 0 Å². The van der Waals surface area contributed by atoms with Crippen LogP contribution in [0.1, 0.15) is 11.6 Å². The molecule has 16 heavy (non-hydrogen) atoms. The van der Waals surface area contributed by atoms with E-state index in [-0.39, 0.29) is 18.2 Å². The zero-order valence-corrected chi connectivity index (χ0v) is 9.71. The van der Waals surface area contributed by atoms with E-state index in [1.807, 2.05) is 0 Å². The first-order valence-corrected chi connectivity index (χ1v) is 4.27. The van der Waals surface area contributed by atoms with E-state index in [1.54, 1.807) is 0 Å². The summed E-state index contributed by atoms with van der Waals surface area (Å²) in [5.74, 6) is -1.07. The Bertz CT molecular complexity index is 373. The number of hydrogen-bond donors (Lipinski definition) is 1. The molecule has 1 rings (SSSR count). The maximum absolute atomic E-state index is 13.2. The van der Waals surface area contributed by atoms with Crippen LogP contribution in [0.5, 0.6) is 5.75 Å². The van der Waals surface area contributed by atoms with E-state index in [2.05, 4.69) is 4.74 Å². The van der Waals surface area contributed by atoms with Gasteiger partial charge < -0.3 is 15.2 Å². The molecule has 0 aliphatic carbocycles. The molecule has 0 aromatic heterocycles. The second-order valence-electron chi connectivity index (χ2n) is 2.89. The number of nitrogens with two attached hydrogens (primary N) is 1. The smallest absolute Gasteiger partial charge is 0.327 e. The summed E-state index contributed by atoms with van der Waals surface area (Å²) in [6.07, 6.45) is 0. The van der Waals surface area contributed by atoms with E-state index < -0.39 is 17.8 Å². The van der Waals surface area contributed by atoms with Gasteiger partial charge in [-0.15, -0.1) is 12.4 Å². The molecule has 0 fully saturated rings. The van der Waals surface area contributed by atoms with E-state index in [1.165, 1.54) is 26.4 Å². The van der Waals surface area contributed by atoms with Crippen LogP contribution in [0, 0.1) is 5.82 Å². The molecule has 6 heteroatoms. The van der Waals surface area contributed by atoms with Gasteiger partial charge in [0.05, 0.1) is 14.2 Å². The first-order chi connectivity index (χ1) is 7.10. The fourth-order valence-electron chi connectivity index (χ4n) is 1.14. The van der Waals surface area contributed by atoms with Crippen LogP contribution in [0.2, 0.25) is 0 Å². The molecule has 0 saturated heterocycles. The molecule has 1 atom stereocenters. The molecule has 1 aromatic rings. The molecule has 0 heterocycles. The summed E-state index contributed by atoms with van der Waals surface area (Å²) in [4.78, 5) is 11.1. The fourth-order valence-corrected chi connectivity index (χ4v) is 1.14. The molecule has 0 saturated carbocycles. The summed E-state index contributed by atoms with van der Waals surface area (Å²) in [7, 11) is 2.58. The molecular formula is C10H13ClFNO3. The maximum Gasteiger partial charge on any atom is 0.327 e. The molecule has 90 valence electrons. The predicted molar refractivity (Wildman–Crippen MR) is 59.1 cm³/mol. The SMILES string of the molecule is COC(=O)C(N)c1ccc(OC)c(F)c1.Cl. The van der Waals surface area contributed by atoms with Crippen molar-refractivity contribution in [1.82, 2.24) is 0 Å². The lowest BCUT2D eigenvalue weighted by atomic mass is 10.1. The first kappa shape index (κ1) is 14.7. The molecule has 2 N–H and O–H groups in total. The van der Waals surface area contributed by atoms with E-state index in [9.17, 15) is 9.18 Å². The Morgan fingerprint density at radius 2 is 2.06 bits per heavy atom. The molecule has 1 aromatic carbocycles. The van der Waals surface area contributed by atoms with Crippen molar-refractivity contribution in [1.29, 1.82) is 0 Å². The van der Waals surface area contributed by atoms with Crippen LogP contribution in [0.25, 0.3) is 0 Å². The largest absolute Gasteiger partial charge is 0.494 e. The number of halogens is 2. The Hall–Kier alpha value is -1.33. The molecule has 0 amide bonds. The Morgan fingerprint density at radius 3 is 2.50 bits per heavy atom. The van der Waals surface area contributed by atoms with Gasteiger partial charge in [-0.05, 0) is 17.7 Å². The average Bonchev–Trinajstić information content (AvgIpc) is 2.26. The number of rotatable bonds is 3. The van der Waals surface area contributed by atoms with Crippen LogP contribution in [0.4, 0.5) is 4.39 Å². The summed E-state index contributed by atoms with van der Waals surface area (Å²) in [5.41, 5.74) is 5.87. The van der Waals surface area contributed by atoms with E-state index in [0.717, 1.165) is 6.07 Å². The van der Waals surface area contributed by atoms with Gasteiger partial charge in [0.25, 0.3) is 0 Å². The third-order valence-electron chi connectivity index (χ3n) is 1.99. The number of hydrogen-bond acceptors (Lipinski definition) is 4. The summed E-state index contributed by atoms with van der Waals surface area (Å²) >= 11 is 0. The highest BCUT2D eigenvalue weighted by atomic mass is 35.5. The minimum Gasteiger partial charge on any atom is -0.494 e. The highest BCUT2D eigenvalue weighted by Gasteiger charge is 2.17. The van der Waals surface area contributed by atoms with E-state index >= 15 is 0 Å². The maximum atomic E-state index is 13.2. The number of carbonyl (C=O) groups is 1. The third kappa shape index (κ3) is 3.08. The zero-order valence-electron chi connectivity index (χ0n) is 8.90. The summed E-state index contributed by atoms with van der Waals surface area (Å²) in [6.45, 7) is 0. The van der Waals surface area contributed by atoms with Gasteiger partial charge in [-0.2, -0.15) is 0 Å². The summed E-state index contributed by atoms with van der Waals surface area (Å²) < 4.78 is 22.4. The lowest BCUT2D eigenvalue weighted by Gasteiger charge is -2.10. The van der Waals surface area contributed by atoms with Gasteiger partial charge in [0.15, 0.2) is 11.6 Å². The molecule has 0 aliphatic rings. The topological polar surface area (TPSA) is 61.5 Å². The quantitative estimate of drug-likeness (QED) is 0.824. The van der Waals surface area contributed by atoms with Crippen LogP contribution < -0.4 is 10.5 Å². The summed E-state index contributed by atoms with van der Waals surface area (Å²) in [6, 6.07) is 3.10. The van der Waals surface area contributed by atoms with Crippen molar-refractivity contribution in [3.05, 3.63) is 29.6 Å². The second kappa shape index (κ2) is 6.30. The van der Waals surface area contributed by atoms with Crippen LogP contribution in [0.3, 0.4) is 0 Å². The highest BCUT2D eigenvalue weighted by Crippen LogP contribution is 2.21. The number of ether oxygens (including phenoxy) is 2. The van der Waals surface area contributed by atoms with Crippen LogP contribution in [-0.2, 0) is 9.53 Å². The normalized spacial score (nSPS) is 11.2. The Kier molecular flexibility index (Phi) is 5.77. The number of benzene rings is 1. The fraction of sp³-hybridized carbons (Fsp3) is 0.300. The van der Waals surface area contributed by atoms with E-state index in [4.69, 9.17) is 10.5 Å². The zero-order chi connectivity index (χ0) is 11.4. The predicted octanol–water partition coefficient (Wildman–Crippen LogP) is 1.43. The minimum atomic E-state index is -0.976. The van der Waals surface area contributed by atoms with Crippen molar-refractivity contribution in [2.24, 2.45) is 5.73 Å². The van der Waals surface area contributed by atoms with Crippen LogP contribution in [-0.4, -0.2) is 20.2 Å². The number of carbonyl (C=O) groups excluding carboxylic acids is 1. The molecule has 4 nitrogen and oxygen atoms in total. The molecule has 0 spiro atoms. The Morgan fingerprint density at radius 1 is 1.44 bits per heavy atom. The van der Waals surface area contributed by atoms with Gasteiger partial charge in [0.2, 0.25) is 0 Å². The number of methoxy groups -OCH3 is 2. The highest BCUT2D eigenvalue weighted by molar-refractivity contribution is 5.85. The van der Waals surface area contributed by atoms with Crippen molar-refractivity contribution in [2.75, 3.05) is 14.2 Å². The van der Waals surface area contributed by atoms with Gasteiger partial charge in [-0.1, -0.05) is 6.07 Å². The van der Waals surface area contributed by atoms with Crippen molar-refractivity contribution < 1.29 is 18.7 Å². The third-order valence-corrected chi connectivity index (χ3v) is 1.99. The second-order valence-corrected chi connectivity index (χ2v) is 2.89. The van der Waals surface area contributed by atoms with Gasteiger partial charge >= 0.3 is 5.97 Å². The Labute approximate surface area is 98.9 Å². The van der Waals surface area contributed by atoms with Gasteiger partial charge in [-0.25, -0.2) is 4.39 Å². The molecule has 0 aliphatic heterocycles.